The number of hydrogen-bond donors (Lipinski definition) is 0. The zero-order chi connectivity index (χ0) is 25.8. The largest absolute Gasteiger partial charge is 0.493 e. The van der Waals surface area contributed by atoms with Crippen LogP contribution in [0.15, 0.2) is 68.3 Å². The molecule has 3 aromatic heterocycles. The first kappa shape index (κ1) is 25.0. The van der Waals surface area contributed by atoms with Crippen molar-refractivity contribution in [3.8, 4) is 22.8 Å². The highest BCUT2D eigenvalue weighted by Crippen LogP contribution is 2.29. The first-order valence-corrected chi connectivity index (χ1v) is 13.4. The second kappa shape index (κ2) is 11.1. The smallest absolute Gasteiger partial charge is 0.291 e. The topological polar surface area (TPSA) is 78.9 Å². The van der Waals surface area contributed by atoms with Crippen LogP contribution in [-0.2, 0) is 0 Å². The van der Waals surface area contributed by atoms with Gasteiger partial charge in [-0.05, 0) is 54.5 Å². The lowest BCUT2D eigenvalue weighted by Gasteiger charge is -2.10. The van der Waals surface area contributed by atoms with Crippen molar-refractivity contribution in [2.45, 2.75) is 19.8 Å². The molecule has 0 saturated heterocycles. The summed E-state index contributed by atoms with van der Waals surface area (Å²) in [5.41, 5.74) is 1.63. The molecule has 0 aliphatic heterocycles. The molecule has 0 unspecified atom stereocenters. The van der Waals surface area contributed by atoms with E-state index in [4.69, 9.17) is 13.9 Å². The minimum absolute atomic E-state index is 0.234. The third-order valence-corrected chi connectivity index (χ3v) is 7.03. The summed E-state index contributed by atoms with van der Waals surface area (Å²) in [6, 6.07) is 17.3. The quantitative estimate of drug-likeness (QED) is 0.197. The van der Waals surface area contributed by atoms with E-state index in [1.165, 1.54) is 15.9 Å². The molecule has 37 heavy (non-hydrogen) atoms. The summed E-state index contributed by atoms with van der Waals surface area (Å²) in [6.45, 7) is 2.78. The number of furan rings is 1. The fourth-order valence-electron chi connectivity index (χ4n) is 3.68. The van der Waals surface area contributed by atoms with Gasteiger partial charge in [0.15, 0.2) is 17.3 Å². The number of nitrogens with zero attached hydrogens (tertiary/aromatic N) is 3. The van der Waals surface area contributed by atoms with Crippen molar-refractivity contribution in [3.63, 3.8) is 0 Å². The Bertz CT molecular complexity index is 1690. The molecule has 0 N–H and O–H groups in total. The van der Waals surface area contributed by atoms with Crippen LogP contribution in [0.3, 0.4) is 0 Å². The number of hydrogen-bond acceptors (Lipinski definition) is 7. The van der Waals surface area contributed by atoms with Crippen molar-refractivity contribution < 1.29 is 13.9 Å². The predicted molar refractivity (Wildman–Crippen MR) is 150 cm³/mol. The number of unbranched alkanes of at least 4 members (excludes halogenated alkanes) is 1. The van der Waals surface area contributed by atoms with Gasteiger partial charge in [-0.3, -0.25) is 4.79 Å². The standard InChI is InChI=1S/C28H24BrN3O4S/c1-3-4-14-35-23-11-8-18(15-24(23)34-2)9-13-26-30-28-32(31-26)27(33)25(37-28)17-21-10-12-22(36-21)19-6-5-7-20(29)16-19/h5-13,15-17H,3-4,14H2,1-2H3/b13-9+,25-17-. The number of halogens is 1. The van der Waals surface area contributed by atoms with E-state index in [9.17, 15) is 4.79 Å². The molecule has 0 spiro atoms. The number of fused-ring (bicyclic) bond motifs is 1. The highest BCUT2D eigenvalue weighted by molar-refractivity contribution is 9.10. The molecule has 0 fully saturated rings. The number of benzene rings is 2. The number of rotatable bonds is 9. The molecule has 0 radical (unpaired) electrons. The summed E-state index contributed by atoms with van der Waals surface area (Å²) in [6.07, 6.45) is 7.42. The molecule has 2 aromatic carbocycles. The molecule has 0 bridgehead atoms. The average Bonchev–Trinajstić information content (AvgIpc) is 3.60. The maximum Gasteiger partial charge on any atom is 0.291 e. The Morgan fingerprint density at radius 3 is 2.78 bits per heavy atom. The van der Waals surface area contributed by atoms with Gasteiger partial charge in [-0.15, -0.1) is 5.10 Å². The highest BCUT2D eigenvalue weighted by atomic mass is 79.9. The monoisotopic (exact) mass is 577 g/mol. The molecular formula is C28H24BrN3O4S. The van der Waals surface area contributed by atoms with Crippen molar-refractivity contribution >= 4 is 50.5 Å². The van der Waals surface area contributed by atoms with E-state index >= 15 is 0 Å². The van der Waals surface area contributed by atoms with Crippen LogP contribution in [0.2, 0.25) is 0 Å². The van der Waals surface area contributed by atoms with Crippen LogP contribution in [0, 0.1) is 0 Å². The van der Waals surface area contributed by atoms with Gasteiger partial charge in [0.05, 0.1) is 13.7 Å². The van der Waals surface area contributed by atoms with Crippen LogP contribution in [0.5, 0.6) is 11.5 Å². The summed E-state index contributed by atoms with van der Waals surface area (Å²) in [5.74, 6) is 3.15. The van der Waals surface area contributed by atoms with E-state index in [1.807, 2.05) is 60.7 Å². The lowest BCUT2D eigenvalue weighted by atomic mass is 10.2. The summed E-state index contributed by atoms with van der Waals surface area (Å²) in [4.78, 5) is 17.9. The molecule has 0 amide bonds. The van der Waals surface area contributed by atoms with Crippen molar-refractivity contribution in [2.75, 3.05) is 13.7 Å². The van der Waals surface area contributed by atoms with Crippen LogP contribution in [0.4, 0.5) is 0 Å². The maximum atomic E-state index is 12.9. The van der Waals surface area contributed by atoms with Crippen LogP contribution in [-0.4, -0.2) is 28.3 Å². The molecule has 0 atom stereocenters. The van der Waals surface area contributed by atoms with E-state index in [2.05, 4.69) is 32.9 Å². The molecule has 188 valence electrons. The fourth-order valence-corrected chi connectivity index (χ4v) is 4.97. The Hall–Kier alpha value is -3.69. The molecule has 5 aromatic rings. The highest BCUT2D eigenvalue weighted by Gasteiger charge is 2.11. The Morgan fingerprint density at radius 1 is 1.11 bits per heavy atom. The lowest BCUT2D eigenvalue weighted by molar-refractivity contribution is 0.288. The second-order valence-electron chi connectivity index (χ2n) is 8.24. The Morgan fingerprint density at radius 2 is 2.00 bits per heavy atom. The van der Waals surface area contributed by atoms with Crippen LogP contribution in [0.1, 0.15) is 36.9 Å². The zero-order valence-corrected chi connectivity index (χ0v) is 22.7. The van der Waals surface area contributed by atoms with Gasteiger partial charge in [-0.25, -0.2) is 0 Å². The molecule has 0 aliphatic rings. The molecule has 7 nitrogen and oxygen atoms in total. The van der Waals surface area contributed by atoms with E-state index in [-0.39, 0.29) is 5.56 Å². The normalized spacial score (nSPS) is 12.1. The third-order valence-electron chi connectivity index (χ3n) is 5.58. The summed E-state index contributed by atoms with van der Waals surface area (Å²) in [5, 5.41) is 4.37. The van der Waals surface area contributed by atoms with Crippen LogP contribution >= 0.6 is 27.3 Å². The summed E-state index contributed by atoms with van der Waals surface area (Å²) < 4.78 is 20.0. The Kier molecular flexibility index (Phi) is 7.52. The molecule has 0 aliphatic carbocycles. The van der Waals surface area contributed by atoms with Crippen LogP contribution in [0.25, 0.3) is 34.5 Å². The third kappa shape index (κ3) is 5.68. The van der Waals surface area contributed by atoms with Gasteiger partial charge < -0.3 is 13.9 Å². The molecular weight excluding hydrogens is 554 g/mol. The predicted octanol–water partition coefficient (Wildman–Crippen LogP) is 6.08. The van der Waals surface area contributed by atoms with Gasteiger partial charge in [0.25, 0.3) is 5.56 Å². The maximum absolute atomic E-state index is 12.9. The minimum atomic E-state index is -0.234. The van der Waals surface area contributed by atoms with Gasteiger partial charge in [0.1, 0.15) is 16.1 Å². The van der Waals surface area contributed by atoms with Gasteiger partial charge in [-0.2, -0.15) is 9.50 Å². The van der Waals surface area contributed by atoms with Crippen molar-refractivity contribution in [3.05, 3.63) is 91.1 Å². The van der Waals surface area contributed by atoms with Gasteiger partial charge in [-0.1, -0.05) is 64.9 Å². The molecule has 9 heteroatoms. The number of methoxy groups -OCH3 is 1. The zero-order valence-electron chi connectivity index (χ0n) is 20.3. The lowest BCUT2D eigenvalue weighted by Crippen LogP contribution is -2.23. The number of thiazole rings is 1. The summed E-state index contributed by atoms with van der Waals surface area (Å²) in [7, 11) is 1.62. The van der Waals surface area contributed by atoms with E-state index in [0.29, 0.717) is 39.2 Å². The Balaban J connectivity index is 1.35. The van der Waals surface area contributed by atoms with Gasteiger partial charge in [0.2, 0.25) is 4.96 Å². The Labute approximate surface area is 225 Å². The van der Waals surface area contributed by atoms with E-state index < -0.39 is 0 Å². The average molecular weight is 578 g/mol. The van der Waals surface area contributed by atoms with E-state index in [0.717, 1.165) is 34.2 Å². The van der Waals surface area contributed by atoms with Crippen molar-refractivity contribution in [2.24, 2.45) is 0 Å². The van der Waals surface area contributed by atoms with Gasteiger partial charge >= 0.3 is 0 Å². The minimum Gasteiger partial charge on any atom is -0.493 e. The molecule has 3 heterocycles. The first-order valence-electron chi connectivity index (χ1n) is 11.8. The van der Waals surface area contributed by atoms with Crippen LogP contribution < -0.4 is 19.6 Å². The SMILES string of the molecule is CCCCOc1ccc(/C=C/c2nc3s/c(=C\c4ccc(-c5cccc(Br)c5)o4)c(=O)n3n2)cc1OC. The fraction of sp³-hybridized carbons (Fsp3) is 0.179. The number of ether oxygens (including phenoxy) is 2. The second-order valence-corrected chi connectivity index (χ2v) is 10.2. The van der Waals surface area contributed by atoms with Crippen molar-refractivity contribution in [1.82, 2.24) is 14.6 Å². The number of aromatic nitrogens is 3. The molecule has 0 saturated carbocycles. The molecule has 5 rings (SSSR count). The first-order chi connectivity index (χ1) is 18.0. The van der Waals surface area contributed by atoms with Gasteiger partial charge in [0, 0.05) is 16.1 Å². The summed E-state index contributed by atoms with van der Waals surface area (Å²) >= 11 is 4.74. The van der Waals surface area contributed by atoms with Crippen molar-refractivity contribution in [1.29, 1.82) is 0 Å². The van der Waals surface area contributed by atoms with E-state index in [1.54, 1.807) is 19.3 Å².